The molecule has 0 amide bonds. The first-order chi connectivity index (χ1) is 9.53. The van der Waals surface area contributed by atoms with Crippen LogP contribution in [0.25, 0.3) is 0 Å². The first-order valence-electron chi connectivity index (χ1n) is 6.96. The SMILES string of the molecule is CCCS(=O)(=O)N1CCN(Cc2ccccc2Cl)CC1. The lowest BCUT2D eigenvalue weighted by molar-refractivity contribution is 0.181. The van der Waals surface area contributed by atoms with E-state index in [-0.39, 0.29) is 5.75 Å². The summed E-state index contributed by atoms with van der Waals surface area (Å²) in [6.45, 7) is 5.34. The fourth-order valence-electron chi connectivity index (χ4n) is 2.42. The molecule has 1 fully saturated rings. The maximum Gasteiger partial charge on any atom is 0.214 e. The number of benzene rings is 1. The van der Waals surface area contributed by atoms with Gasteiger partial charge in [0.15, 0.2) is 0 Å². The monoisotopic (exact) mass is 316 g/mol. The van der Waals surface area contributed by atoms with Crippen LogP contribution < -0.4 is 0 Å². The zero-order valence-corrected chi connectivity index (χ0v) is 13.3. The molecule has 1 heterocycles. The summed E-state index contributed by atoms with van der Waals surface area (Å²) < 4.78 is 25.6. The molecule has 4 nitrogen and oxygen atoms in total. The second kappa shape index (κ2) is 6.89. The summed E-state index contributed by atoms with van der Waals surface area (Å²) in [6.07, 6.45) is 0.669. The molecule has 0 atom stereocenters. The summed E-state index contributed by atoms with van der Waals surface area (Å²) in [6, 6.07) is 7.80. The van der Waals surface area contributed by atoms with E-state index >= 15 is 0 Å². The zero-order chi connectivity index (χ0) is 14.6. The number of halogens is 1. The molecular formula is C14H21ClN2O2S. The first-order valence-corrected chi connectivity index (χ1v) is 8.95. The Morgan fingerprint density at radius 2 is 1.80 bits per heavy atom. The Balaban J connectivity index is 1.91. The molecule has 0 N–H and O–H groups in total. The van der Waals surface area contributed by atoms with Crippen LogP contribution in [-0.4, -0.2) is 49.6 Å². The fraction of sp³-hybridized carbons (Fsp3) is 0.571. The third-order valence-electron chi connectivity index (χ3n) is 3.54. The van der Waals surface area contributed by atoms with E-state index in [1.165, 1.54) is 0 Å². The molecule has 20 heavy (non-hydrogen) atoms. The molecule has 0 spiro atoms. The Hall–Kier alpha value is -0.620. The lowest BCUT2D eigenvalue weighted by Gasteiger charge is -2.34. The van der Waals surface area contributed by atoms with Crippen molar-refractivity contribution in [2.45, 2.75) is 19.9 Å². The maximum absolute atomic E-state index is 12.0. The average Bonchev–Trinajstić information content (AvgIpc) is 2.42. The number of piperazine rings is 1. The van der Waals surface area contributed by atoms with Gasteiger partial charge in [0, 0.05) is 37.7 Å². The Morgan fingerprint density at radius 1 is 1.15 bits per heavy atom. The molecule has 0 aromatic heterocycles. The number of sulfonamides is 1. The van der Waals surface area contributed by atoms with Crippen molar-refractivity contribution >= 4 is 21.6 Å². The lowest BCUT2D eigenvalue weighted by atomic mass is 10.2. The van der Waals surface area contributed by atoms with E-state index < -0.39 is 10.0 Å². The van der Waals surface area contributed by atoms with Crippen LogP contribution in [0.1, 0.15) is 18.9 Å². The maximum atomic E-state index is 12.0. The molecule has 0 aliphatic carbocycles. The summed E-state index contributed by atoms with van der Waals surface area (Å²) in [5.41, 5.74) is 1.10. The van der Waals surface area contributed by atoms with E-state index in [1.54, 1.807) is 4.31 Å². The van der Waals surface area contributed by atoms with Gasteiger partial charge in [0.05, 0.1) is 5.75 Å². The van der Waals surface area contributed by atoms with Crippen LogP contribution in [-0.2, 0) is 16.6 Å². The van der Waals surface area contributed by atoms with Crippen LogP contribution in [0.3, 0.4) is 0 Å². The van der Waals surface area contributed by atoms with E-state index in [0.29, 0.717) is 19.5 Å². The molecule has 2 rings (SSSR count). The fourth-order valence-corrected chi connectivity index (χ4v) is 4.11. The molecule has 1 aliphatic rings. The van der Waals surface area contributed by atoms with Gasteiger partial charge in [-0.25, -0.2) is 8.42 Å². The minimum atomic E-state index is -3.06. The predicted molar refractivity (Wildman–Crippen MR) is 82.4 cm³/mol. The highest BCUT2D eigenvalue weighted by atomic mass is 35.5. The number of hydrogen-bond acceptors (Lipinski definition) is 3. The van der Waals surface area contributed by atoms with Gasteiger partial charge in [-0.2, -0.15) is 4.31 Å². The molecule has 112 valence electrons. The Labute approximate surface area is 126 Å². The summed E-state index contributed by atoms with van der Waals surface area (Å²) in [5.74, 6) is 0.248. The number of nitrogens with zero attached hydrogens (tertiary/aromatic N) is 2. The van der Waals surface area contributed by atoms with Gasteiger partial charge in [0.1, 0.15) is 0 Å². The van der Waals surface area contributed by atoms with Gasteiger partial charge in [-0.05, 0) is 18.1 Å². The standard InChI is InChI=1S/C14H21ClN2O2S/c1-2-11-20(18,19)17-9-7-16(8-10-17)12-13-5-3-4-6-14(13)15/h3-6H,2,7-12H2,1H3. The molecule has 0 bridgehead atoms. The minimum Gasteiger partial charge on any atom is -0.296 e. The highest BCUT2D eigenvalue weighted by Crippen LogP contribution is 2.18. The number of hydrogen-bond donors (Lipinski definition) is 0. The van der Waals surface area contributed by atoms with Crippen LogP contribution in [0.4, 0.5) is 0 Å². The van der Waals surface area contributed by atoms with Crippen LogP contribution in [0.15, 0.2) is 24.3 Å². The van der Waals surface area contributed by atoms with Gasteiger partial charge in [-0.15, -0.1) is 0 Å². The topological polar surface area (TPSA) is 40.6 Å². The van der Waals surface area contributed by atoms with Gasteiger partial charge in [0.2, 0.25) is 10.0 Å². The molecule has 0 radical (unpaired) electrons. The number of rotatable bonds is 5. The van der Waals surface area contributed by atoms with E-state index in [4.69, 9.17) is 11.6 Å². The van der Waals surface area contributed by atoms with E-state index in [9.17, 15) is 8.42 Å². The van der Waals surface area contributed by atoms with Gasteiger partial charge < -0.3 is 0 Å². The van der Waals surface area contributed by atoms with E-state index in [0.717, 1.165) is 30.2 Å². The summed E-state index contributed by atoms with van der Waals surface area (Å²) in [4.78, 5) is 2.25. The predicted octanol–water partition coefficient (Wildman–Crippen LogP) is 2.20. The van der Waals surface area contributed by atoms with Gasteiger partial charge in [-0.3, -0.25) is 4.90 Å². The van der Waals surface area contributed by atoms with Gasteiger partial charge in [0.25, 0.3) is 0 Å². The summed E-state index contributed by atoms with van der Waals surface area (Å²) >= 11 is 6.15. The molecule has 0 unspecified atom stereocenters. The molecule has 1 aliphatic heterocycles. The largest absolute Gasteiger partial charge is 0.296 e. The van der Waals surface area contributed by atoms with Crippen molar-refractivity contribution < 1.29 is 8.42 Å². The Kier molecular flexibility index (Phi) is 5.43. The van der Waals surface area contributed by atoms with Crippen molar-refractivity contribution in [1.82, 2.24) is 9.21 Å². The summed E-state index contributed by atoms with van der Waals surface area (Å²) in [5, 5.41) is 0.772. The zero-order valence-electron chi connectivity index (χ0n) is 11.8. The Morgan fingerprint density at radius 3 is 2.40 bits per heavy atom. The highest BCUT2D eigenvalue weighted by molar-refractivity contribution is 7.89. The van der Waals surface area contributed by atoms with Crippen molar-refractivity contribution in [2.24, 2.45) is 0 Å². The smallest absolute Gasteiger partial charge is 0.214 e. The van der Waals surface area contributed by atoms with Gasteiger partial charge >= 0.3 is 0 Å². The summed E-state index contributed by atoms with van der Waals surface area (Å²) in [7, 11) is -3.06. The van der Waals surface area contributed by atoms with Crippen LogP contribution in [0.5, 0.6) is 0 Å². The van der Waals surface area contributed by atoms with Crippen molar-refractivity contribution in [1.29, 1.82) is 0 Å². The first kappa shape index (κ1) is 15.8. The average molecular weight is 317 g/mol. The molecule has 1 aromatic carbocycles. The van der Waals surface area contributed by atoms with Crippen molar-refractivity contribution in [2.75, 3.05) is 31.9 Å². The molecular weight excluding hydrogens is 296 g/mol. The van der Waals surface area contributed by atoms with Gasteiger partial charge in [-0.1, -0.05) is 36.7 Å². The third-order valence-corrected chi connectivity index (χ3v) is 5.98. The molecule has 1 saturated heterocycles. The minimum absolute atomic E-state index is 0.248. The van der Waals surface area contributed by atoms with E-state index in [1.807, 2.05) is 31.2 Å². The Bertz CT molecular complexity index is 540. The van der Waals surface area contributed by atoms with Crippen LogP contribution in [0.2, 0.25) is 5.02 Å². The quantitative estimate of drug-likeness (QED) is 0.836. The second-order valence-corrected chi connectivity index (χ2v) is 7.58. The van der Waals surface area contributed by atoms with Crippen molar-refractivity contribution in [3.8, 4) is 0 Å². The lowest BCUT2D eigenvalue weighted by Crippen LogP contribution is -2.48. The van der Waals surface area contributed by atoms with Crippen molar-refractivity contribution in [3.63, 3.8) is 0 Å². The molecule has 6 heteroatoms. The normalized spacial score (nSPS) is 18.3. The highest BCUT2D eigenvalue weighted by Gasteiger charge is 2.26. The second-order valence-electron chi connectivity index (χ2n) is 5.08. The van der Waals surface area contributed by atoms with Crippen LogP contribution >= 0.6 is 11.6 Å². The third kappa shape index (κ3) is 3.95. The molecule has 1 aromatic rings. The van der Waals surface area contributed by atoms with Crippen LogP contribution in [0, 0.1) is 0 Å². The van der Waals surface area contributed by atoms with Crippen molar-refractivity contribution in [3.05, 3.63) is 34.9 Å². The van der Waals surface area contributed by atoms with E-state index in [2.05, 4.69) is 4.90 Å². The molecule has 0 saturated carbocycles.